The Labute approximate surface area is 106 Å². The van der Waals surface area contributed by atoms with Gasteiger partial charge < -0.3 is 9.80 Å². The maximum Gasteiger partial charge on any atom is 0.224 e. The third kappa shape index (κ3) is 2.53. The Kier molecular flexibility index (Phi) is 3.36. The molecule has 2 aromatic rings. The second kappa shape index (κ2) is 4.95. The fraction of sp³-hybridized carbons (Fsp3) is 0.333. The molecule has 0 saturated carbocycles. The van der Waals surface area contributed by atoms with Gasteiger partial charge in [0.15, 0.2) is 0 Å². The highest BCUT2D eigenvalue weighted by Gasteiger charge is 2.04. The molecule has 0 atom stereocenters. The molecule has 0 radical (unpaired) electrons. The maximum absolute atomic E-state index is 4.26. The van der Waals surface area contributed by atoms with E-state index in [1.165, 1.54) is 0 Å². The topological polar surface area (TPSA) is 58.0 Å². The van der Waals surface area contributed by atoms with E-state index in [4.69, 9.17) is 0 Å². The molecular formula is C12H16N6. The SMILES string of the molecule is CN(C)c1ncc(-c2cnc(N(C)C)nc2)cn1. The van der Waals surface area contributed by atoms with Gasteiger partial charge in [0.25, 0.3) is 0 Å². The van der Waals surface area contributed by atoms with Gasteiger partial charge in [-0.2, -0.15) is 0 Å². The summed E-state index contributed by atoms with van der Waals surface area (Å²) in [6, 6.07) is 0. The smallest absolute Gasteiger partial charge is 0.224 e. The molecule has 2 heterocycles. The van der Waals surface area contributed by atoms with Crippen molar-refractivity contribution in [3.8, 4) is 11.1 Å². The second-order valence-electron chi connectivity index (χ2n) is 4.33. The summed E-state index contributed by atoms with van der Waals surface area (Å²) in [6.45, 7) is 0. The highest BCUT2D eigenvalue weighted by atomic mass is 15.2. The molecule has 0 aromatic carbocycles. The molecule has 0 aliphatic carbocycles. The van der Waals surface area contributed by atoms with E-state index in [9.17, 15) is 0 Å². The fourth-order valence-electron chi connectivity index (χ4n) is 1.40. The van der Waals surface area contributed by atoms with Crippen LogP contribution in [0.2, 0.25) is 0 Å². The van der Waals surface area contributed by atoms with Crippen molar-refractivity contribution in [1.82, 2.24) is 19.9 Å². The Hall–Kier alpha value is -2.24. The molecule has 0 fully saturated rings. The van der Waals surface area contributed by atoms with Gasteiger partial charge in [0.1, 0.15) is 0 Å². The third-order valence-corrected chi connectivity index (χ3v) is 2.41. The minimum absolute atomic E-state index is 0.685. The lowest BCUT2D eigenvalue weighted by Crippen LogP contribution is -2.12. The number of hydrogen-bond acceptors (Lipinski definition) is 6. The normalized spacial score (nSPS) is 10.2. The van der Waals surface area contributed by atoms with E-state index in [0.29, 0.717) is 11.9 Å². The minimum Gasteiger partial charge on any atom is -0.347 e. The van der Waals surface area contributed by atoms with Crippen molar-refractivity contribution in [2.75, 3.05) is 38.0 Å². The summed E-state index contributed by atoms with van der Waals surface area (Å²) in [5.41, 5.74) is 1.82. The van der Waals surface area contributed by atoms with Crippen molar-refractivity contribution in [3.63, 3.8) is 0 Å². The first kappa shape index (κ1) is 12.2. The van der Waals surface area contributed by atoms with E-state index >= 15 is 0 Å². The molecular weight excluding hydrogens is 228 g/mol. The van der Waals surface area contributed by atoms with Crippen molar-refractivity contribution in [3.05, 3.63) is 24.8 Å². The molecule has 0 aliphatic rings. The Morgan fingerprint density at radius 1 is 0.611 bits per heavy atom. The van der Waals surface area contributed by atoms with Crippen LogP contribution < -0.4 is 9.80 Å². The lowest BCUT2D eigenvalue weighted by atomic mass is 10.2. The number of hydrogen-bond donors (Lipinski definition) is 0. The highest BCUT2D eigenvalue weighted by Crippen LogP contribution is 2.17. The summed E-state index contributed by atoms with van der Waals surface area (Å²) < 4.78 is 0. The Morgan fingerprint density at radius 3 is 1.11 bits per heavy atom. The summed E-state index contributed by atoms with van der Waals surface area (Å²) in [5, 5.41) is 0. The number of anilines is 2. The Morgan fingerprint density at radius 2 is 0.889 bits per heavy atom. The zero-order valence-corrected chi connectivity index (χ0v) is 11.0. The predicted molar refractivity (Wildman–Crippen MR) is 71.7 cm³/mol. The maximum atomic E-state index is 4.26. The summed E-state index contributed by atoms with van der Waals surface area (Å²) in [7, 11) is 7.63. The molecule has 0 bridgehead atoms. The number of rotatable bonds is 3. The van der Waals surface area contributed by atoms with Crippen LogP contribution >= 0.6 is 0 Å². The van der Waals surface area contributed by atoms with E-state index in [0.717, 1.165) is 11.1 Å². The second-order valence-corrected chi connectivity index (χ2v) is 4.33. The Balaban J connectivity index is 2.25. The van der Waals surface area contributed by atoms with Crippen LogP contribution in [0.3, 0.4) is 0 Å². The molecule has 6 heteroatoms. The quantitative estimate of drug-likeness (QED) is 0.805. The minimum atomic E-state index is 0.685. The van der Waals surface area contributed by atoms with E-state index in [-0.39, 0.29) is 0 Å². The number of aromatic nitrogens is 4. The molecule has 18 heavy (non-hydrogen) atoms. The first-order valence-corrected chi connectivity index (χ1v) is 5.57. The van der Waals surface area contributed by atoms with Crippen LogP contribution in [0.15, 0.2) is 24.8 Å². The van der Waals surface area contributed by atoms with Crippen molar-refractivity contribution in [2.24, 2.45) is 0 Å². The summed E-state index contributed by atoms with van der Waals surface area (Å²) in [5.74, 6) is 1.37. The standard InChI is InChI=1S/C12H16N6/c1-17(2)11-13-5-9(6-14-11)10-7-15-12(16-8-10)18(3)4/h5-8H,1-4H3. The van der Waals surface area contributed by atoms with Crippen molar-refractivity contribution < 1.29 is 0 Å². The predicted octanol–water partition coefficient (Wildman–Crippen LogP) is 1.07. The monoisotopic (exact) mass is 244 g/mol. The van der Waals surface area contributed by atoms with Crippen LogP contribution in [0.5, 0.6) is 0 Å². The molecule has 2 aromatic heterocycles. The van der Waals surface area contributed by atoms with Gasteiger partial charge in [-0.3, -0.25) is 0 Å². The van der Waals surface area contributed by atoms with E-state index < -0.39 is 0 Å². The van der Waals surface area contributed by atoms with Gasteiger partial charge in [0.2, 0.25) is 11.9 Å². The molecule has 0 amide bonds. The summed E-state index contributed by atoms with van der Waals surface area (Å²) >= 11 is 0. The van der Waals surface area contributed by atoms with Crippen LogP contribution in [0.25, 0.3) is 11.1 Å². The zero-order chi connectivity index (χ0) is 13.1. The first-order valence-electron chi connectivity index (χ1n) is 5.57. The molecule has 2 rings (SSSR count). The van der Waals surface area contributed by atoms with Crippen LogP contribution in [0.4, 0.5) is 11.9 Å². The largest absolute Gasteiger partial charge is 0.347 e. The van der Waals surface area contributed by atoms with Gasteiger partial charge in [0, 0.05) is 64.1 Å². The van der Waals surface area contributed by atoms with Crippen LogP contribution in [0.1, 0.15) is 0 Å². The van der Waals surface area contributed by atoms with Gasteiger partial charge >= 0.3 is 0 Å². The van der Waals surface area contributed by atoms with E-state index in [1.807, 2.05) is 38.0 Å². The van der Waals surface area contributed by atoms with Gasteiger partial charge in [0.05, 0.1) is 0 Å². The molecule has 6 nitrogen and oxygen atoms in total. The molecule has 0 N–H and O–H groups in total. The lowest BCUT2D eigenvalue weighted by molar-refractivity contribution is 0.990. The van der Waals surface area contributed by atoms with Gasteiger partial charge in [-0.05, 0) is 0 Å². The lowest BCUT2D eigenvalue weighted by Gasteiger charge is -2.11. The van der Waals surface area contributed by atoms with Crippen molar-refractivity contribution >= 4 is 11.9 Å². The van der Waals surface area contributed by atoms with Gasteiger partial charge in [-0.25, -0.2) is 19.9 Å². The molecule has 0 saturated heterocycles. The third-order valence-electron chi connectivity index (χ3n) is 2.41. The summed E-state index contributed by atoms with van der Waals surface area (Å²) in [4.78, 5) is 20.8. The van der Waals surface area contributed by atoms with Crippen LogP contribution in [-0.2, 0) is 0 Å². The van der Waals surface area contributed by atoms with Crippen LogP contribution in [0, 0.1) is 0 Å². The van der Waals surface area contributed by atoms with Crippen LogP contribution in [-0.4, -0.2) is 48.1 Å². The average Bonchev–Trinajstić information content (AvgIpc) is 2.39. The Bertz CT molecular complexity index is 454. The summed E-state index contributed by atoms with van der Waals surface area (Å²) in [6.07, 6.45) is 7.10. The molecule has 94 valence electrons. The molecule has 0 spiro atoms. The average molecular weight is 244 g/mol. The number of nitrogens with zero attached hydrogens (tertiary/aromatic N) is 6. The van der Waals surface area contributed by atoms with Gasteiger partial charge in [-0.1, -0.05) is 0 Å². The van der Waals surface area contributed by atoms with Gasteiger partial charge in [-0.15, -0.1) is 0 Å². The fourth-order valence-corrected chi connectivity index (χ4v) is 1.40. The van der Waals surface area contributed by atoms with Crippen molar-refractivity contribution in [2.45, 2.75) is 0 Å². The first-order chi connectivity index (χ1) is 8.58. The molecule has 0 aliphatic heterocycles. The van der Waals surface area contributed by atoms with E-state index in [2.05, 4.69) is 19.9 Å². The van der Waals surface area contributed by atoms with E-state index in [1.54, 1.807) is 24.8 Å². The van der Waals surface area contributed by atoms with Crippen molar-refractivity contribution in [1.29, 1.82) is 0 Å². The highest BCUT2D eigenvalue weighted by molar-refractivity contribution is 5.60. The molecule has 0 unspecified atom stereocenters. The zero-order valence-electron chi connectivity index (χ0n) is 11.0.